The highest BCUT2D eigenvalue weighted by Crippen LogP contribution is 2.25. The molecule has 3 heterocycles. The Balaban J connectivity index is 1.53. The summed E-state index contributed by atoms with van der Waals surface area (Å²) in [7, 11) is 4.01. The van der Waals surface area contributed by atoms with Gasteiger partial charge in [-0.3, -0.25) is 9.78 Å². The molecule has 1 fully saturated rings. The fourth-order valence-electron chi connectivity index (χ4n) is 4.16. The summed E-state index contributed by atoms with van der Waals surface area (Å²) in [5, 5.41) is 1.99. The van der Waals surface area contributed by atoms with Crippen LogP contribution in [0.1, 0.15) is 41.9 Å². The first-order chi connectivity index (χ1) is 14.1. The van der Waals surface area contributed by atoms with E-state index in [2.05, 4.69) is 17.1 Å². The third kappa shape index (κ3) is 4.24. The number of benzene rings is 1. The lowest BCUT2D eigenvalue weighted by atomic mass is 9.96. The highest BCUT2D eigenvalue weighted by Gasteiger charge is 2.29. The predicted molar refractivity (Wildman–Crippen MR) is 117 cm³/mol. The van der Waals surface area contributed by atoms with Crippen molar-refractivity contribution in [1.82, 2.24) is 14.9 Å². The molecule has 0 saturated carbocycles. The molecule has 5 nitrogen and oxygen atoms in total. The summed E-state index contributed by atoms with van der Waals surface area (Å²) in [6.07, 6.45) is 6.82. The average Bonchev–Trinajstić information content (AvgIpc) is 2.77. The molecule has 1 unspecified atom stereocenters. The maximum Gasteiger partial charge on any atom is 0.273 e. The van der Waals surface area contributed by atoms with Crippen molar-refractivity contribution in [2.45, 2.75) is 38.1 Å². The number of nitrogens with zero attached hydrogens (tertiary/aromatic N) is 4. The van der Waals surface area contributed by atoms with E-state index in [0.717, 1.165) is 54.5 Å². The second kappa shape index (κ2) is 8.60. The maximum atomic E-state index is 13.4. The molecule has 1 aromatic carbocycles. The van der Waals surface area contributed by atoms with Crippen molar-refractivity contribution < 1.29 is 4.79 Å². The molecule has 29 heavy (non-hydrogen) atoms. The van der Waals surface area contributed by atoms with Crippen molar-refractivity contribution in [1.29, 1.82) is 0 Å². The number of piperidine rings is 1. The van der Waals surface area contributed by atoms with E-state index in [1.165, 1.54) is 6.42 Å². The number of fused-ring (bicyclic) bond motifs is 1. The summed E-state index contributed by atoms with van der Waals surface area (Å²) >= 11 is 0. The number of hydrogen-bond acceptors (Lipinski definition) is 4. The van der Waals surface area contributed by atoms with E-state index in [-0.39, 0.29) is 11.9 Å². The molecule has 1 aliphatic heterocycles. The fourth-order valence-corrected chi connectivity index (χ4v) is 4.16. The largest absolute Gasteiger partial charge is 0.363 e. The zero-order chi connectivity index (χ0) is 20.2. The Morgan fingerprint density at radius 1 is 1.10 bits per heavy atom. The number of amides is 1. The minimum Gasteiger partial charge on any atom is -0.363 e. The second-order valence-corrected chi connectivity index (χ2v) is 7.95. The van der Waals surface area contributed by atoms with Crippen LogP contribution in [0.15, 0.2) is 54.7 Å². The Morgan fingerprint density at radius 2 is 1.97 bits per heavy atom. The molecule has 0 N–H and O–H groups in total. The Kier molecular flexibility index (Phi) is 5.74. The topological polar surface area (TPSA) is 49.3 Å². The van der Waals surface area contributed by atoms with Gasteiger partial charge in [-0.15, -0.1) is 0 Å². The van der Waals surface area contributed by atoms with Crippen LogP contribution in [0, 0.1) is 0 Å². The van der Waals surface area contributed by atoms with Crippen LogP contribution in [0.25, 0.3) is 10.8 Å². The average molecular weight is 389 g/mol. The lowest BCUT2D eigenvalue weighted by Crippen LogP contribution is -2.44. The van der Waals surface area contributed by atoms with Gasteiger partial charge in [0.25, 0.3) is 5.91 Å². The third-order valence-corrected chi connectivity index (χ3v) is 5.75. The number of rotatable bonds is 5. The van der Waals surface area contributed by atoms with Crippen LogP contribution in [-0.2, 0) is 6.42 Å². The Hall–Kier alpha value is -2.95. The molecule has 4 rings (SSSR count). The molecule has 2 aromatic heterocycles. The summed E-state index contributed by atoms with van der Waals surface area (Å²) in [5.74, 6) is 1.03. The zero-order valence-corrected chi connectivity index (χ0v) is 17.2. The van der Waals surface area contributed by atoms with Gasteiger partial charge in [-0.25, -0.2) is 4.98 Å². The quantitative estimate of drug-likeness (QED) is 0.653. The molecule has 0 spiro atoms. The van der Waals surface area contributed by atoms with Crippen LogP contribution in [0.3, 0.4) is 0 Å². The molecular weight excluding hydrogens is 360 g/mol. The molecule has 0 radical (unpaired) electrons. The minimum absolute atomic E-state index is 0.0569. The number of pyridine rings is 2. The molecule has 0 bridgehead atoms. The molecule has 3 aromatic rings. The van der Waals surface area contributed by atoms with E-state index in [9.17, 15) is 4.79 Å². The Labute approximate surface area is 172 Å². The van der Waals surface area contributed by atoms with Crippen molar-refractivity contribution in [3.05, 3.63) is 66.1 Å². The van der Waals surface area contributed by atoms with Crippen LogP contribution in [0.5, 0.6) is 0 Å². The van der Waals surface area contributed by atoms with Crippen LogP contribution in [0.2, 0.25) is 0 Å². The van der Waals surface area contributed by atoms with E-state index in [1.54, 1.807) is 6.20 Å². The normalized spacial score (nSPS) is 16.8. The first-order valence-electron chi connectivity index (χ1n) is 10.4. The van der Waals surface area contributed by atoms with E-state index >= 15 is 0 Å². The molecule has 150 valence electrons. The summed E-state index contributed by atoms with van der Waals surface area (Å²) < 4.78 is 0. The van der Waals surface area contributed by atoms with Gasteiger partial charge in [0.2, 0.25) is 0 Å². The first kappa shape index (κ1) is 19.4. The lowest BCUT2D eigenvalue weighted by Gasteiger charge is -2.36. The smallest absolute Gasteiger partial charge is 0.273 e. The van der Waals surface area contributed by atoms with Gasteiger partial charge in [0, 0.05) is 44.0 Å². The number of aryl methyl sites for hydroxylation is 1. The van der Waals surface area contributed by atoms with Crippen molar-refractivity contribution in [2.24, 2.45) is 0 Å². The Morgan fingerprint density at radius 3 is 2.83 bits per heavy atom. The van der Waals surface area contributed by atoms with Gasteiger partial charge in [0.1, 0.15) is 11.5 Å². The van der Waals surface area contributed by atoms with Crippen LogP contribution >= 0.6 is 0 Å². The minimum atomic E-state index is 0.0569. The monoisotopic (exact) mass is 388 g/mol. The van der Waals surface area contributed by atoms with Crippen LogP contribution in [0.4, 0.5) is 5.82 Å². The zero-order valence-electron chi connectivity index (χ0n) is 17.2. The number of carbonyl (C=O) groups is 1. The number of anilines is 1. The van der Waals surface area contributed by atoms with Gasteiger partial charge in [-0.05, 0) is 55.7 Å². The van der Waals surface area contributed by atoms with Gasteiger partial charge in [-0.1, -0.05) is 30.3 Å². The van der Waals surface area contributed by atoms with Crippen LogP contribution in [-0.4, -0.2) is 47.5 Å². The molecule has 1 atom stereocenters. The van der Waals surface area contributed by atoms with Gasteiger partial charge < -0.3 is 9.80 Å². The summed E-state index contributed by atoms with van der Waals surface area (Å²) in [6, 6.07) is 16.3. The number of aromatic nitrogens is 2. The van der Waals surface area contributed by atoms with Gasteiger partial charge in [-0.2, -0.15) is 0 Å². The van der Waals surface area contributed by atoms with Crippen molar-refractivity contribution in [2.75, 3.05) is 25.5 Å². The van der Waals surface area contributed by atoms with Crippen molar-refractivity contribution in [3.63, 3.8) is 0 Å². The van der Waals surface area contributed by atoms with E-state index in [1.807, 2.05) is 60.3 Å². The molecule has 1 aliphatic rings. The van der Waals surface area contributed by atoms with E-state index in [4.69, 9.17) is 4.98 Å². The third-order valence-electron chi connectivity index (χ3n) is 5.75. The summed E-state index contributed by atoms with van der Waals surface area (Å²) in [4.78, 5) is 26.7. The lowest BCUT2D eigenvalue weighted by molar-refractivity contribution is 0.0598. The predicted octanol–water partition coefficient (Wildman–Crippen LogP) is 4.32. The van der Waals surface area contributed by atoms with E-state index in [0.29, 0.717) is 5.69 Å². The second-order valence-electron chi connectivity index (χ2n) is 7.95. The highest BCUT2D eigenvalue weighted by atomic mass is 16.2. The van der Waals surface area contributed by atoms with Crippen molar-refractivity contribution >= 4 is 22.5 Å². The molecule has 0 aliphatic carbocycles. The number of hydrogen-bond donors (Lipinski definition) is 0. The molecule has 1 amide bonds. The fraction of sp³-hybridized carbons (Fsp3) is 0.375. The van der Waals surface area contributed by atoms with Gasteiger partial charge in [0.05, 0.1) is 0 Å². The first-order valence-corrected chi connectivity index (χ1v) is 10.4. The number of carbonyl (C=O) groups excluding carboxylic acids is 1. The van der Waals surface area contributed by atoms with E-state index < -0.39 is 0 Å². The highest BCUT2D eigenvalue weighted by molar-refractivity contribution is 6.05. The van der Waals surface area contributed by atoms with Crippen molar-refractivity contribution in [3.8, 4) is 0 Å². The SMILES string of the molecule is CN(C)c1cccc(CCC2CCCCN2C(=O)c2nccc3ccccc23)n1. The van der Waals surface area contributed by atoms with Gasteiger partial charge in [0.15, 0.2) is 0 Å². The molecule has 5 heteroatoms. The standard InChI is InChI=1S/C24H28N4O/c1-27(2)22-12-7-9-19(26-22)13-14-20-10-5-6-17-28(20)24(29)23-21-11-4-3-8-18(21)15-16-25-23/h3-4,7-9,11-12,15-16,20H,5-6,10,13-14,17H2,1-2H3. The number of likely N-dealkylation sites (tertiary alicyclic amines) is 1. The summed E-state index contributed by atoms with van der Waals surface area (Å²) in [5.41, 5.74) is 1.65. The van der Waals surface area contributed by atoms with Crippen LogP contribution < -0.4 is 4.90 Å². The Bertz CT molecular complexity index is 996. The molecular formula is C24H28N4O. The molecule has 1 saturated heterocycles. The maximum absolute atomic E-state index is 13.4. The van der Waals surface area contributed by atoms with Gasteiger partial charge >= 0.3 is 0 Å². The summed E-state index contributed by atoms with van der Waals surface area (Å²) in [6.45, 7) is 0.805.